The minimum atomic E-state index is -2.36. The quantitative estimate of drug-likeness (QED) is 0.210. The predicted molar refractivity (Wildman–Crippen MR) is 108 cm³/mol. The van der Waals surface area contributed by atoms with Crippen molar-refractivity contribution in [2.24, 2.45) is 0 Å². The Kier molecular flexibility index (Phi) is 4.98. The van der Waals surface area contributed by atoms with E-state index in [1.54, 1.807) is 0 Å². The van der Waals surface area contributed by atoms with Crippen LogP contribution >= 0.6 is 0 Å². The molecule has 172 valence electrons. The van der Waals surface area contributed by atoms with E-state index in [-0.39, 0.29) is 34.8 Å². The summed E-state index contributed by atoms with van der Waals surface area (Å²) < 4.78 is 11.2. The molecule has 8 N–H and O–H groups in total. The summed E-state index contributed by atoms with van der Waals surface area (Å²) in [7, 11) is 0. The van der Waals surface area contributed by atoms with Gasteiger partial charge in [-0.1, -0.05) is 0 Å². The highest BCUT2D eigenvalue weighted by molar-refractivity contribution is 5.91. The highest BCUT2D eigenvalue weighted by atomic mass is 16.7. The first-order valence-electron chi connectivity index (χ1n) is 9.44. The number of aliphatic hydroxyl groups is 1. The lowest BCUT2D eigenvalue weighted by Gasteiger charge is -2.41. The fourth-order valence-corrected chi connectivity index (χ4v) is 3.53. The van der Waals surface area contributed by atoms with E-state index in [1.165, 1.54) is 6.07 Å². The summed E-state index contributed by atoms with van der Waals surface area (Å²) in [5.74, 6) is -8.12. The van der Waals surface area contributed by atoms with Crippen molar-refractivity contribution in [1.29, 1.82) is 0 Å². The maximum absolute atomic E-state index is 12.9. The first kappa shape index (κ1) is 21.7. The van der Waals surface area contributed by atoms with Gasteiger partial charge in [0.25, 0.3) is 0 Å². The molecule has 1 heterocycles. The molecule has 0 aromatic heterocycles. The Balaban J connectivity index is 1.85. The Morgan fingerprint density at radius 2 is 1.52 bits per heavy atom. The number of benzene rings is 3. The molecule has 1 aliphatic heterocycles. The molecule has 33 heavy (non-hydrogen) atoms. The van der Waals surface area contributed by atoms with Gasteiger partial charge < -0.3 is 50.3 Å². The zero-order valence-electron chi connectivity index (χ0n) is 16.6. The van der Waals surface area contributed by atoms with Gasteiger partial charge in [0.1, 0.15) is 23.4 Å². The fraction of sp³-hybridized carbons (Fsp3) is 0.136. The summed E-state index contributed by atoms with van der Waals surface area (Å²) in [6.07, 6.45) is -1.99. The smallest absolute Gasteiger partial charge is 0.342 e. The van der Waals surface area contributed by atoms with E-state index in [0.717, 1.165) is 36.4 Å². The number of carbonyl (C=O) groups excluding carboxylic acids is 1. The third-order valence-corrected chi connectivity index (χ3v) is 5.20. The van der Waals surface area contributed by atoms with Crippen LogP contribution < -0.4 is 4.74 Å². The maximum Gasteiger partial charge on any atom is 0.342 e. The molecule has 4 rings (SSSR count). The second kappa shape index (κ2) is 7.57. The van der Waals surface area contributed by atoms with Crippen molar-refractivity contribution in [2.45, 2.75) is 18.3 Å². The minimum Gasteiger partial charge on any atom is -0.508 e. The summed E-state index contributed by atoms with van der Waals surface area (Å²) in [5, 5.41) is 79.5. The van der Waals surface area contributed by atoms with E-state index in [9.17, 15) is 45.6 Å². The maximum atomic E-state index is 12.9. The zero-order chi connectivity index (χ0) is 24.1. The molecule has 0 aliphatic carbocycles. The molecule has 1 unspecified atom stereocenters. The van der Waals surface area contributed by atoms with Crippen molar-refractivity contribution < 1.29 is 55.1 Å². The zero-order valence-corrected chi connectivity index (χ0v) is 16.6. The highest BCUT2D eigenvalue weighted by Gasteiger charge is 2.51. The van der Waals surface area contributed by atoms with Crippen LogP contribution in [-0.2, 0) is 16.9 Å². The molecule has 3 aromatic rings. The summed E-state index contributed by atoms with van der Waals surface area (Å²) in [6.45, 7) is 0. The SMILES string of the molecule is O=C(OC1(c2ccc(O)c(O)c2)Oc2cc(O)cc(O)c2C[C@H]1O)c1cc(O)c(O)c(O)c1. The minimum absolute atomic E-state index is 0.106. The first-order chi connectivity index (χ1) is 15.5. The number of fused-ring (bicyclic) bond motifs is 1. The van der Waals surface area contributed by atoms with Crippen LogP contribution in [0.2, 0.25) is 0 Å². The lowest BCUT2D eigenvalue weighted by atomic mass is 9.90. The number of aliphatic hydroxyl groups excluding tert-OH is 1. The Morgan fingerprint density at radius 3 is 2.15 bits per heavy atom. The van der Waals surface area contributed by atoms with E-state index >= 15 is 0 Å². The van der Waals surface area contributed by atoms with Crippen LogP contribution in [0.4, 0.5) is 0 Å². The lowest BCUT2D eigenvalue weighted by molar-refractivity contribution is -0.222. The number of phenolic OH excluding ortho intramolecular Hbond substituents is 7. The van der Waals surface area contributed by atoms with Gasteiger partial charge in [-0.2, -0.15) is 0 Å². The van der Waals surface area contributed by atoms with Crippen molar-refractivity contribution in [3.63, 3.8) is 0 Å². The Morgan fingerprint density at radius 1 is 0.848 bits per heavy atom. The van der Waals surface area contributed by atoms with Crippen LogP contribution in [0.5, 0.6) is 46.0 Å². The predicted octanol–water partition coefficient (Wildman–Crippen LogP) is 1.63. The number of esters is 1. The van der Waals surface area contributed by atoms with Gasteiger partial charge in [0.15, 0.2) is 28.7 Å². The molecule has 1 aliphatic rings. The largest absolute Gasteiger partial charge is 0.508 e. The van der Waals surface area contributed by atoms with E-state index in [4.69, 9.17) is 9.47 Å². The van der Waals surface area contributed by atoms with Gasteiger partial charge in [-0.3, -0.25) is 0 Å². The van der Waals surface area contributed by atoms with Crippen LogP contribution in [0.3, 0.4) is 0 Å². The standard InChI is InChI=1S/C22H18O11/c23-11-6-14(25)12-8-19(29)22(32-18(12)7-11,10-1-2-13(24)15(26)5-10)33-21(31)9-3-16(27)20(30)17(28)4-9/h1-7,19,23-30H,8H2/t19-,22?/m1/s1. The lowest BCUT2D eigenvalue weighted by Crippen LogP contribution is -2.52. The molecule has 0 radical (unpaired) electrons. The van der Waals surface area contributed by atoms with E-state index in [2.05, 4.69) is 0 Å². The van der Waals surface area contributed by atoms with Gasteiger partial charge >= 0.3 is 11.8 Å². The van der Waals surface area contributed by atoms with Crippen molar-refractivity contribution in [1.82, 2.24) is 0 Å². The Hall–Kier alpha value is -4.51. The van der Waals surface area contributed by atoms with Gasteiger partial charge in [0.05, 0.1) is 5.56 Å². The molecule has 0 saturated heterocycles. The summed E-state index contributed by atoms with van der Waals surface area (Å²) in [4.78, 5) is 12.9. The number of ether oxygens (including phenoxy) is 2. The normalized spacial score (nSPS) is 19.4. The molecule has 0 amide bonds. The first-order valence-corrected chi connectivity index (χ1v) is 9.44. The number of rotatable bonds is 3. The van der Waals surface area contributed by atoms with Crippen molar-refractivity contribution in [2.75, 3.05) is 0 Å². The van der Waals surface area contributed by atoms with Crippen LogP contribution in [0.25, 0.3) is 0 Å². The van der Waals surface area contributed by atoms with Crippen LogP contribution in [0.15, 0.2) is 42.5 Å². The molecular weight excluding hydrogens is 440 g/mol. The number of carbonyl (C=O) groups is 1. The second-order valence-corrected chi connectivity index (χ2v) is 7.39. The third-order valence-electron chi connectivity index (χ3n) is 5.20. The highest BCUT2D eigenvalue weighted by Crippen LogP contribution is 2.47. The van der Waals surface area contributed by atoms with Crippen molar-refractivity contribution >= 4 is 5.97 Å². The molecule has 11 heteroatoms. The Bertz CT molecular complexity index is 1250. The topological polar surface area (TPSA) is 197 Å². The average molecular weight is 458 g/mol. The van der Waals surface area contributed by atoms with Gasteiger partial charge in [0, 0.05) is 29.7 Å². The number of hydrogen-bond donors (Lipinski definition) is 8. The van der Waals surface area contributed by atoms with Gasteiger partial charge in [0.2, 0.25) is 0 Å². The summed E-state index contributed by atoms with van der Waals surface area (Å²) in [6, 6.07) is 6.99. The van der Waals surface area contributed by atoms with E-state index < -0.39 is 52.2 Å². The summed E-state index contributed by atoms with van der Waals surface area (Å²) >= 11 is 0. The van der Waals surface area contributed by atoms with Crippen LogP contribution in [0, 0.1) is 0 Å². The third kappa shape index (κ3) is 3.59. The van der Waals surface area contributed by atoms with Gasteiger partial charge in [-0.15, -0.1) is 0 Å². The molecule has 3 aromatic carbocycles. The molecule has 0 spiro atoms. The molecule has 0 bridgehead atoms. The second-order valence-electron chi connectivity index (χ2n) is 7.39. The molecule has 0 fully saturated rings. The van der Waals surface area contributed by atoms with E-state index in [1.807, 2.05) is 0 Å². The molecular formula is C22H18O11. The van der Waals surface area contributed by atoms with Gasteiger partial charge in [-0.05, 0) is 30.3 Å². The number of hydrogen-bond acceptors (Lipinski definition) is 11. The van der Waals surface area contributed by atoms with Crippen molar-refractivity contribution in [3.8, 4) is 46.0 Å². The summed E-state index contributed by atoms with van der Waals surface area (Å²) in [5.41, 5.74) is -0.445. The number of phenols is 7. The van der Waals surface area contributed by atoms with Crippen molar-refractivity contribution in [3.05, 3.63) is 59.2 Å². The average Bonchev–Trinajstić information content (AvgIpc) is 2.74. The Labute approximate surface area is 185 Å². The molecule has 0 saturated carbocycles. The van der Waals surface area contributed by atoms with E-state index in [0.29, 0.717) is 0 Å². The molecule has 11 nitrogen and oxygen atoms in total. The monoisotopic (exact) mass is 458 g/mol. The van der Waals surface area contributed by atoms with Crippen LogP contribution in [-0.4, -0.2) is 52.9 Å². The van der Waals surface area contributed by atoms with Gasteiger partial charge in [-0.25, -0.2) is 4.79 Å². The van der Waals surface area contributed by atoms with Crippen LogP contribution in [0.1, 0.15) is 21.5 Å². The fourth-order valence-electron chi connectivity index (χ4n) is 3.53. The number of aromatic hydroxyl groups is 7. The molecule has 2 atom stereocenters.